The van der Waals surface area contributed by atoms with Gasteiger partial charge in [-0.3, -0.25) is 9.59 Å². The summed E-state index contributed by atoms with van der Waals surface area (Å²) in [6.07, 6.45) is 2.75. The van der Waals surface area contributed by atoms with Crippen molar-refractivity contribution < 1.29 is 14.3 Å². The van der Waals surface area contributed by atoms with Crippen molar-refractivity contribution >= 4 is 29.1 Å². The van der Waals surface area contributed by atoms with Crippen molar-refractivity contribution in [2.45, 2.75) is 32.2 Å². The van der Waals surface area contributed by atoms with E-state index in [2.05, 4.69) is 17.6 Å². The van der Waals surface area contributed by atoms with Gasteiger partial charge in [-0.25, -0.2) is 0 Å². The Kier molecular flexibility index (Phi) is 7.79. The van der Waals surface area contributed by atoms with E-state index in [0.29, 0.717) is 17.3 Å². The first-order chi connectivity index (χ1) is 10.1. The third-order valence-electron chi connectivity index (χ3n) is 2.94. The average molecular weight is 313 g/mol. The normalized spacial score (nSPS) is 11.8. The van der Waals surface area contributed by atoms with E-state index in [0.717, 1.165) is 19.3 Å². The number of rotatable bonds is 7. The van der Waals surface area contributed by atoms with Gasteiger partial charge < -0.3 is 15.4 Å². The first-order valence-electron chi connectivity index (χ1n) is 6.93. The third kappa shape index (κ3) is 6.14. The molecule has 0 radical (unpaired) electrons. The highest BCUT2D eigenvalue weighted by Gasteiger charge is 2.19. The summed E-state index contributed by atoms with van der Waals surface area (Å²) < 4.78 is 5.05. The summed E-state index contributed by atoms with van der Waals surface area (Å²) in [5, 5.41) is 5.55. The van der Waals surface area contributed by atoms with Crippen LogP contribution in [0.4, 0.5) is 5.69 Å². The second-order valence-corrected chi connectivity index (χ2v) is 5.11. The number of hydrogen-bond acceptors (Lipinski definition) is 3. The number of benzene rings is 1. The molecule has 6 heteroatoms. The first-order valence-corrected chi connectivity index (χ1v) is 7.31. The quantitative estimate of drug-likeness (QED) is 0.760. The molecule has 0 aliphatic carbocycles. The van der Waals surface area contributed by atoms with E-state index in [-0.39, 0.29) is 6.04 Å². The average Bonchev–Trinajstić information content (AvgIpc) is 2.47. The zero-order valence-corrected chi connectivity index (χ0v) is 13.1. The molecule has 1 aromatic carbocycles. The summed E-state index contributed by atoms with van der Waals surface area (Å²) in [6.45, 7) is 2.45. The Morgan fingerprint density at radius 2 is 2.00 bits per heavy atom. The van der Waals surface area contributed by atoms with E-state index in [1.165, 1.54) is 0 Å². The van der Waals surface area contributed by atoms with Crippen LogP contribution in [0.15, 0.2) is 24.3 Å². The monoisotopic (exact) mass is 312 g/mol. The van der Waals surface area contributed by atoms with Crippen LogP contribution in [0, 0.1) is 0 Å². The molecule has 116 valence electrons. The van der Waals surface area contributed by atoms with E-state index in [1.54, 1.807) is 31.4 Å². The van der Waals surface area contributed by atoms with Crippen LogP contribution in [0.2, 0.25) is 5.02 Å². The van der Waals surface area contributed by atoms with E-state index < -0.39 is 11.8 Å². The van der Waals surface area contributed by atoms with Crippen LogP contribution >= 0.6 is 11.6 Å². The largest absolute Gasteiger partial charge is 0.383 e. The lowest BCUT2D eigenvalue weighted by Crippen LogP contribution is -2.43. The van der Waals surface area contributed by atoms with Gasteiger partial charge in [-0.1, -0.05) is 43.5 Å². The van der Waals surface area contributed by atoms with Gasteiger partial charge in [-0.05, 0) is 18.6 Å². The Hall–Kier alpha value is -1.59. The number of ether oxygens (including phenoxy) is 1. The van der Waals surface area contributed by atoms with Crippen molar-refractivity contribution in [2.75, 3.05) is 19.0 Å². The number of unbranched alkanes of at least 4 members (excludes halogenated alkanes) is 1. The maximum Gasteiger partial charge on any atom is 0.313 e. The molecule has 1 aromatic rings. The van der Waals surface area contributed by atoms with Gasteiger partial charge in [-0.2, -0.15) is 0 Å². The lowest BCUT2D eigenvalue weighted by atomic mass is 10.1. The predicted molar refractivity (Wildman–Crippen MR) is 83.4 cm³/mol. The van der Waals surface area contributed by atoms with Gasteiger partial charge >= 0.3 is 11.8 Å². The summed E-state index contributed by atoms with van der Waals surface area (Å²) in [5.41, 5.74) is 0.413. The second-order valence-electron chi connectivity index (χ2n) is 4.70. The van der Waals surface area contributed by atoms with E-state index >= 15 is 0 Å². The minimum atomic E-state index is -0.735. The van der Waals surface area contributed by atoms with Gasteiger partial charge in [-0.15, -0.1) is 0 Å². The fourth-order valence-electron chi connectivity index (χ4n) is 1.84. The van der Waals surface area contributed by atoms with Crippen molar-refractivity contribution in [2.24, 2.45) is 0 Å². The van der Waals surface area contributed by atoms with E-state index in [4.69, 9.17) is 16.3 Å². The first kappa shape index (κ1) is 17.5. The van der Waals surface area contributed by atoms with Gasteiger partial charge in [0, 0.05) is 7.11 Å². The van der Waals surface area contributed by atoms with E-state index in [9.17, 15) is 9.59 Å². The molecule has 1 unspecified atom stereocenters. The van der Waals surface area contributed by atoms with Crippen LogP contribution in [0.3, 0.4) is 0 Å². The summed E-state index contributed by atoms with van der Waals surface area (Å²) in [5.74, 6) is -1.42. The highest BCUT2D eigenvalue weighted by molar-refractivity contribution is 6.41. The van der Waals surface area contributed by atoms with Crippen molar-refractivity contribution in [1.29, 1.82) is 0 Å². The highest BCUT2D eigenvalue weighted by Crippen LogP contribution is 2.20. The molecule has 0 aromatic heterocycles. The molecule has 2 N–H and O–H groups in total. The summed E-state index contributed by atoms with van der Waals surface area (Å²) in [7, 11) is 1.56. The van der Waals surface area contributed by atoms with Crippen LogP contribution in [0.5, 0.6) is 0 Å². The fraction of sp³-hybridized carbons (Fsp3) is 0.467. The predicted octanol–water partition coefficient (Wildman–Crippen LogP) is 2.60. The summed E-state index contributed by atoms with van der Waals surface area (Å²) in [6, 6.07) is 6.59. The van der Waals surface area contributed by atoms with Gasteiger partial charge in [0.1, 0.15) is 0 Å². The molecule has 0 bridgehead atoms. The molecule has 0 saturated carbocycles. The Balaban J connectivity index is 2.56. The lowest BCUT2D eigenvalue weighted by Gasteiger charge is -2.17. The number of carbonyl (C=O) groups excluding carboxylic acids is 2. The standard InChI is InChI=1S/C15H21ClN2O3/c1-3-4-7-11(10-21-2)17-14(19)15(20)18-13-9-6-5-8-12(13)16/h5-6,8-9,11H,3-4,7,10H2,1-2H3,(H,17,19)(H,18,20). The second kappa shape index (κ2) is 9.37. The van der Waals surface area contributed by atoms with Crippen LogP contribution in [-0.4, -0.2) is 31.6 Å². The molecule has 0 fully saturated rings. The molecule has 21 heavy (non-hydrogen) atoms. The number of para-hydroxylation sites is 1. The molecular weight excluding hydrogens is 292 g/mol. The Morgan fingerprint density at radius 3 is 2.62 bits per heavy atom. The van der Waals surface area contributed by atoms with Crippen molar-refractivity contribution in [1.82, 2.24) is 5.32 Å². The molecule has 0 aliphatic heterocycles. The zero-order valence-electron chi connectivity index (χ0n) is 12.3. The Bertz CT molecular complexity index is 480. The number of methoxy groups -OCH3 is 1. The molecule has 5 nitrogen and oxygen atoms in total. The third-order valence-corrected chi connectivity index (χ3v) is 3.27. The van der Waals surface area contributed by atoms with Crippen LogP contribution in [0.25, 0.3) is 0 Å². The Morgan fingerprint density at radius 1 is 1.29 bits per heavy atom. The van der Waals surface area contributed by atoms with Gasteiger partial charge in [0.2, 0.25) is 0 Å². The van der Waals surface area contributed by atoms with Crippen LogP contribution < -0.4 is 10.6 Å². The van der Waals surface area contributed by atoms with Crippen LogP contribution in [0.1, 0.15) is 26.2 Å². The molecule has 0 aliphatic rings. The molecule has 0 spiro atoms. The molecule has 1 rings (SSSR count). The number of hydrogen-bond donors (Lipinski definition) is 2. The minimum absolute atomic E-state index is 0.167. The van der Waals surface area contributed by atoms with Gasteiger partial charge in [0.25, 0.3) is 0 Å². The molecule has 0 saturated heterocycles. The molecular formula is C15H21ClN2O3. The SMILES string of the molecule is CCCCC(COC)NC(=O)C(=O)Nc1ccccc1Cl. The lowest BCUT2D eigenvalue weighted by molar-refractivity contribution is -0.136. The molecule has 2 amide bonds. The fourth-order valence-corrected chi connectivity index (χ4v) is 2.02. The zero-order chi connectivity index (χ0) is 15.7. The number of anilines is 1. The molecule has 0 heterocycles. The number of nitrogens with one attached hydrogen (secondary N) is 2. The van der Waals surface area contributed by atoms with Crippen LogP contribution in [-0.2, 0) is 14.3 Å². The van der Waals surface area contributed by atoms with E-state index in [1.807, 2.05) is 0 Å². The van der Waals surface area contributed by atoms with Crippen molar-refractivity contribution in [3.63, 3.8) is 0 Å². The minimum Gasteiger partial charge on any atom is -0.383 e. The topological polar surface area (TPSA) is 67.4 Å². The number of halogens is 1. The Labute approximate surface area is 130 Å². The van der Waals surface area contributed by atoms with Crippen molar-refractivity contribution in [3.8, 4) is 0 Å². The highest BCUT2D eigenvalue weighted by atomic mass is 35.5. The summed E-state index contributed by atoms with van der Waals surface area (Å²) >= 11 is 5.93. The maximum absolute atomic E-state index is 11.9. The maximum atomic E-state index is 11.9. The smallest absolute Gasteiger partial charge is 0.313 e. The number of carbonyl (C=O) groups is 2. The molecule has 1 atom stereocenters. The van der Waals surface area contributed by atoms with Gasteiger partial charge in [0.15, 0.2) is 0 Å². The van der Waals surface area contributed by atoms with Gasteiger partial charge in [0.05, 0.1) is 23.4 Å². The number of amides is 2. The summed E-state index contributed by atoms with van der Waals surface area (Å²) in [4.78, 5) is 23.7. The van der Waals surface area contributed by atoms with Crippen molar-refractivity contribution in [3.05, 3.63) is 29.3 Å².